The summed E-state index contributed by atoms with van der Waals surface area (Å²) in [5.74, 6) is 0.765. The minimum Gasteiger partial charge on any atom is -0.497 e. The van der Waals surface area contributed by atoms with Gasteiger partial charge < -0.3 is 10.1 Å². The van der Waals surface area contributed by atoms with Crippen molar-refractivity contribution >= 4 is 28.6 Å². The molecular weight excluding hydrogens is 374 g/mol. The van der Waals surface area contributed by atoms with Crippen LogP contribution in [-0.4, -0.2) is 28.3 Å². The van der Waals surface area contributed by atoms with Crippen molar-refractivity contribution in [1.82, 2.24) is 14.9 Å². The summed E-state index contributed by atoms with van der Waals surface area (Å²) in [4.78, 5) is 29.5. The molecule has 0 aliphatic heterocycles. The molecule has 0 aliphatic carbocycles. The van der Waals surface area contributed by atoms with E-state index in [-0.39, 0.29) is 17.2 Å². The third-order valence-corrected chi connectivity index (χ3v) is 5.07. The lowest BCUT2D eigenvalue weighted by Gasteiger charge is -2.11. The second-order valence-corrected chi connectivity index (χ2v) is 6.98. The molecule has 0 radical (unpaired) electrons. The molecule has 6 nitrogen and oxygen atoms in total. The number of para-hydroxylation sites is 1. The van der Waals surface area contributed by atoms with Gasteiger partial charge in [0.15, 0.2) is 5.16 Å². The van der Waals surface area contributed by atoms with Gasteiger partial charge in [0.05, 0.1) is 23.8 Å². The van der Waals surface area contributed by atoms with E-state index < -0.39 is 0 Å². The molecule has 2 aromatic carbocycles. The zero-order valence-corrected chi connectivity index (χ0v) is 16.4. The lowest BCUT2D eigenvalue weighted by molar-refractivity contribution is -0.118. The summed E-state index contributed by atoms with van der Waals surface area (Å²) in [5, 5.41) is 3.93. The number of carbonyl (C=O) groups excluding carboxylic acids is 1. The van der Waals surface area contributed by atoms with Gasteiger partial charge in [0.2, 0.25) is 5.91 Å². The summed E-state index contributed by atoms with van der Waals surface area (Å²) in [6.07, 6.45) is 1.64. The monoisotopic (exact) mass is 395 g/mol. The quantitative estimate of drug-likeness (QED) is 0.361. The summed E-state index contributed by atoms with van der Waals surface area (Å²) in [6, 6.07) is 14.7. The minimum atomic E-state index is -0.139. The normalized spacial score (nSPS) is 10.6. The Bertz CT molecular complexity index is 1060. The van der Waals surface area contributed by atoms with Crippen molar-refractivity contribution in [2.24, 2.45) is 0 Å². The van der Waals surface area contributed by atoms with Crippen LogP contribution in [0.15, 0.2) is 71.1 Å². The molecule has 1 aromatic heterocycles. The fourth-order valence-corrected chi connectivity index (χ4v) is 3.55. The van der Waals surface area contributed by atoms with Crippen molar-refractivity contribution in [3.8, 4) is 5.75 Å². The Morgan fingerprint density at radius 3 is 2.89 bits per heavy atom. The minimum absolute atomic E-state index is 0.134. The smallest absolute Gasteiger partial charge is 0.262 e. The summed E-state index contributed by atoms with van der Waals surface area (Å²) in [6.45, 7) is 4.45. The van der Waals surface area contributed by atoms with Gasteiger partial charge in [0, 0.05) is 13.1 Å². The van der Waals surface area contributed by atoms with Crippen LogP contribution in [-0.2, 0) is 17.9 Å². The van der Waals surface area contributed by atoms with E-state index in [1.165, 1.54) is 16.3 Å². The molecule has 0 bridgehead atoms. The van der Waals surface area contributed by atoms with E-state index >= 15 is 0 Å². The number of thioether (sulfide) groups is 1. The Hall–Kier alpha value is -3.06. The number of nitrogens with one attached hydrogen (secondary N) is 1. The van der Waals surface area contributed by atoms with Crippen LogP contribution in [0.3, 0.4) is 0 Å². The van der Waals surface area contributed by atoms with Crippen molar-refractivity contribution in [3.05, 3.63) is 77.1 Å². The molecule has 1 heterocycles. The summed E-state index contributed by atoms with van der Waals surface area (Å²) in [7, 11) is 1.60. The molecule has 0 fully saturated rings. The Morgan fingerprint density at radius 1 is 1.29 bits per heavy atom. The van der Waals surface area contributed by atoms with Crippen LogP contribution in [0, 0.1) is 0 Å². The number of benzene rings is 2. The highest BCUT2D eigenvalue weighted by molar-refractivity contribution is 7.99. The molecule has 3 rings (SSSR count). The number of allylic oxidation sites excluding steroid dienone is 1. The molecule has 1 N–H and O–H groups in total. The largest absolute Gasteiger partial charge is 0.497 e. The maximum absolute atomic E-state index is 12.7. The van der Waals surface area contributed by atoms with E-state index in [0.29, 0.717) is 29.1 Å². The number of rotatable bonds is 8. The maximum Gasteiger partial charge on any atom is 0.262 e. The number of fused-ring (bicyclic) bond motifs is 1. The first kappa shape index (κ1) is 19.7. The van der Waals surface area contributed by atoms with Crippen LogP contribution in [0.5, 0.6) is 5.75 Å². The van der Waals surface area contributed by atoms with E-state index in [0.717, 1.165) is 11.3 Å². The van der Waals surface area contributed by atoms with Gasteiger partial charge in [-0.1, -0.05) is 42.1 Å². The van der Waals surface area contributed by atoms with E-state index in [1.54, 1.807) is 25.3 Å². The third kappa shape index (κ3) is 4.61. The van der Waals surface area contributed by atoms with Gasteiger partial charge in [-0.25, -0.2) is 4.98 Å². The Kier molecular flexibility index (Phi) is 6.49. The van der Waals surface area contributed by atoms with Crippen molar-refractivity contribution in [2.75, 3.05) is 12.9 Å². The fourth-order valence-electron chi connectivity index (χ4n) is 2.71. The zero-order valence-electron chi connectivity index (χ0n) is 15.6. The van der Waals surface area contributed by atoms with Gasteiger partial charge >= 0.3 is 0 Å². The van der Waals surface area contributed by atoms with Crippen molar-refractivity contribution < 1.29 is 9.53 Å². The number of amides is 1. The standard InChI is InChI=1S/C21H21N3O3S/c1-3-11-24-20(26)17-9-4-5-10-18(17)23-21(24)28-14-19(25)22-13-15-7-6-8-16(12-15)27-2/h3-10,12H,1,11,13-14H2,2H3,(H,22,25). The fraction of sp³-hybridized carbons (Fsp3) is 0.190. The molecule has 7 heteroatoms. The summed E-state index contributed by atoms with van der Waals surface area (Å²) < 4.78 is 6.72. The lowest BCUT2D eigenvalue weighted by Crippen LogP contribution is -2.26. The molecular formula is C21H21N3O3S. The van der Waals surface area contributed by atoms with Crippen molar-refractivity contribution in [2.45, 2.75) is 18.2 Å². The number of methoxy groups -OCH3 is 1. The van der Waals surface area contributed by atoms with Crippen LogP contribution in [0.2, 0.25) is 0 Å². The second kappa shape index (κ2) is 9.23. The van der Waals surface area contributed by atoms with Crippen LogP contribution in [0.25, 0.3) is 10.9 Å². The molecule has 28 heavy (non-hydrogen) atoms. The lowest BCUT2D eigenvalue weighted by atomic mass is 10.2. The predicted molar refractivity (Wildman–Crippen MR) is 112 cm³/mol. The first-order valence-electron chi connectivity index (χ1n) is 8.75. The Balaban J connectivity index is 1.70. The molecule has 0 spiro atoms. The molecule has 0 unspecified atom stereocenters. The first-order chi connectivity index (χ1) is 13.6. The first-order valence-corrected chi connectivity index (χ1v) is 9.74. The molecule has 144 valence electrons. The van der Waals surface area contributed by atoms with Gasteiger partial charge in [-0.05, 0) is 29.8 Å². The Labute approximate surface area is 167 Å². The van der Waals surface area contributed by atoms with Crippen molar-refractivity contribution in [1.29, 1.82) is 0 Å². The number of nitrogens with zero attached hydrogens (tertiary/aromatic N) is 2. The maximum atomic E-state index is 12.7. The number of ether oxygens (including phenoxy) is 1. The third-order valence-electron chi connectivity index (χ3n) is 4.09. The highest BCUT2D eigenvalue weighted by Crippen LogP contribution is 2.18. The van der Waals surface area contributed by atoms with E-state index in [4.69, 9.17) is 4.74 Å². The van der Waals surface area contributed by atoms with Gasteiger partial charge in [0.1, 0.15) is 5.75 Å². The van der Waals surface area contributed by atoms with Crippen molar-refractivity contribution in [3.63, 3.8) is 0 Å². The SMILES string of the molecule is C=CCn1c(SCC(=O)NCc2cccc(OC)c2)nc2ccccc2c1=O. The molecule has 3 aromatic rings. The van der Waals surface area contributed by atoms with Gasteiger partial charge in [-0.15, -0.1) is 6.58 Å². The Morgan fingerprint density at radius 2 is 2.11 bits per heavy atom. The van der Waals surface area contributed by atoms with E-state index in [1.807, 2.05) is 36.4 Å². The van der Waals surface area contributed by atoms with Crippen LogP contribution < -0.4 is 15.6 Å². The molecule has 0 saturated carbocycles. The number of aromatic nitrogens is 2. The topological polar surface area (TPSA) is 73.2 Å². The van der Waals surface area contributed by atoms with Crippen LogP contribution >= 0.6 is 11.8 Å². The second-order valence-electron chi connectivity index (χ2n) is 6.03. The van der Waals surface area contributed by atoms with Gasteiger partial charge in [0.25, 0.3) is 5.56 Å². The van der Waals surface area contributed by atoms with E-state index in [9.17, 15) is 9.59 Å². The summed E-state index contributed by atoms with van der Waals surface area (Å²) >= 11 is 1.23. The van der Waals surface area contributed by atoms with Gasteiger partial charge in [-0.3, -0.25) is 14.2 Å². The zero-order chi connectivity index (χ0) is 19.9. The average molecular weight is 395 g/mol. The van der Waals surface area contributed by atoms with E-state index in [2.05, 4.69) is 16.9 Å². The van der Waals surface area contributed by atoms with Crippen LogP contribution in [0.4, 0.5) is 0 Å². The summed E-state index contributed by atoms with van der Waals surface area (Å²) in [5.41, 5.74) is 1.43. The number of hydrogen-bond acceptors (Lipinski definition) is 5. The highest BCUT2D eigenvalue weighted by Gasteiger charge is 2.12. The average Bonchev–Trinajstić information content (AvgIpc) is 2.73. The number of carbonyl (C=O) groups is 1. The molecule has 1 amide bonds. The van der Waals surface area contributed by atoms with Crippen LogP contribution in [0.1, 0.15) is 5.56 Å². The molecule has 0 saturated heterocycles. The highest BCUT2D eigenvalue weighted by atomic mass is 32.2. The molecule has 0 aliphatic rings. The molecule has 0 atom stereocenters. The number of hydrogen-bond donors (Lipinski definition) is 1. The predicted octanol–water partition coefficient (Wildman–Crippen LogP) is 3.00. The van der Waals surface area contributed by atoms with Gasteiger partial charge in [-0.2, -0.15) is 0 Å².